The Labute approximate surface area is 186 Å². The molecule has 0 saturated carbocycles. The fraction of sp³-hybridized carbons (Fsp3) is 0.185. The monoisotopic (exact) mass is 424 g/mol. The zero-order chi connectivity index (χ0) is 22.1. The van der Waals surface area contributed by atoms with Gasteiger partial charge in [-0.25, -0.2) is 0 Å². The average molecular weight is 425 g/mol. The molecule has 4 aromatic rings. The summed E-state index contributed by atoms with van der Waals surface area (Å²) in [7, 11) is 1.59. The Morgan fingerprint density at radius 1 is 1.00 bits per heavy atom. The lowest BCUT2D eigenvalue weighted by atomic mass is 9.87. The lowest BCUT2D eigenvalue weighted by Gasteiger charge is -2.26. The number of hydrogen-bond donors (Lipinski definition) is 1. The molecule has 0 aliphatic heterocycles. The third-order valence-electron chi connectivity index (χ3n) is 6.18. The standard InChI is InChI=1S/C27H24N2O3/c1-32-20-11-7-10-19(16-20)29-17-24(22-13-4-5-14-23(22)27(29)31)26(30)28-25-15-6-9-18-8-2-3-12-21(18)25/h2-5,7-8,10-14,16-17,25H,6,9,15H2,1H3,(H,28,30). The van der Waals surface area contributed by atoms with Crippen LogP contribution in [0.5, 0.6) is 5.75 Å². The largest absolute Gasteiger partial charge is 0.497 e. The van der Waals surface area contributed by atoms with Gasteiger partial charge in [0.05, 0.1) is 24.4 Å². The second-order valence-electron chi connectivity index (χ2n) is 8.08. The van der Waals surface area contributed by atoms with Crippen LogP contribution < -0.4 is 15.6 Å². The van der Waals surface area contributed by atoms with E-state index in [1.54, 1.807) is 25.4 Å². The third kappa shape index (κ3) is 3.56. The normalized spacial score (nSPS) is 15.2. The van der Waals surface area contributed by atoms with Gasteiger partial charge in [0, 0.05) is 23.0 Å². The van der Waals surface area contributed by atoms with Gasteiger partial charge in [-0.15, -0.1) is 0 Å². The molecule has 160 valence electrons. The van der Waals surface area contributed by atoms with Gasteiger partial charge < -0.3 is 10.1 Å². The minimum atomic E-state index is -0.181. The number of ether oxygens (including phenoxy) is 1. The molecule has 32 heavy (non-hydrogen) atoms. The van der Waals surface area contributed by atoms with Crippen LogP contribution >= 0.6 is 0 Å². The van der Waals surface area contributed by atoms with E-state index < -0.39 is 0 Å². The summed E-state index contributed by atoms with van der Waals surface area (Å²) in [4.78, 5) is 26.8. The molecule has 1 aliphatic carbocycles. The lowest BCUT2D eigenvalue weighted by Crippen LogP contribution is -2.32. The number of nitrogens with one attached hydrogen (secondary N) is 1. The van der Waals surface area contributed by atoms with Crippen LogP contribution in [-0.2, 0) is 6.42 Å². The number of fused-ring (bicyclic) bond motifs is 2. The van der Waals surface area contributed by atoms with Crippen molar-refractivity contribution in [3.8, 4) is 11.4 Å². The van der Waals surface area contributed by atoms with Crippen molar-refractivity contribution in [1.29, 1.82) is 0 Å². The van der Waals surface area contributed by atoms with Crippen molar-refractivity contribution in [1.82, 2.24) is 9.88 Å². The number of aryl methyl sites for hydroxylation is 1. The van der Waals surface area contributed by atoms with Crippen molar-refractivity contribution in [3.05, 3.63) is 106 Å². The van der Waals surface area contributed by atoms with Crippen LogP contribution in [0.3, 0.4) is 0 Å². The molecule has 5 nitrogen and oxygen atoms in total. The molecule has 5 rings (SSSR count). The van der Waals surface area contributed by atoms with Crippen LogP contribution in [0.2, 0.25) is 0 Å². The number of aromatic nitrogens is 1. The smallest absolute Gasteiger partial charge is 0.262 e. The maximum atomic E-state index is 13.5. The molecular weight excluding hydrogens is 400 g/mol. The minimum Gasteiger partial charge on any atom is -0.497 e. The summed E-state index contributed by atoms with van der Waals surface area (Å²) >= 11 is 0. The molecule has 1 N–H and O–H groups in total. The Hall–Kier alpha value is -3.86. The first-order valence-corrected chi connectivity index (χ1v) is 10.8. The summed E-state index contributed by atoms with van der Waals surface area (Å²) in [5, 5.41) is 4.38. The van der Waals surface area contributed by atoms with Gasteiger partial charge in [0.25, 0.3) is 11.5 Å². The first-order valence-electron chi connectivity index (χ1n) is 10.8. The van der Waals surface area contributed by atoms with Gasteiger partial charge in [0.2, 0.25) is 0 Å². The number of nitrogens with zero attached hydrogens (tertiary/aromatic N) is 1. The summed E-state index contributed by atoms with van der Waals surface area (Å²) in [5.41, 5.74) is 3.42. The fourth-order valence-electron chi connectivity index (χ4n) is 4.56. The van der Waals surface area contributed by atoms with E-state index in [2.05, 4.69) is 17.4 Å². The molecule has 1 aromatic heterocycles. The van der Waals surface area contributed by atoms with Crippen molar-refractivity contribution in [2.24, 2.45) is 0 Å². The van der Waals surface area contributed by atoms with E-state index in [1.807, 2.05) is 48.5 Å². The number of benzene rings is 3. The third-order valence-corrected chi connectivity index (χ3v) is 6.18. The van der Waals surface area contributed by atoms with E-state index in [1.165, 1.54) is 15.7 Å². The molecule has 1 amide bonds. The van der Waals surface area contributed by atoms with Crippen molar-refractivity contribution in [2.75, 3.05) is 7.11 Å². The van der Waals surface area contributed by atoms with Gasteiger partial charge in [-0.2, -0.15) is 0 Å². The Balaban J connectivity index is 1.60. The van der Waals surface area contributed by atoms with Crippen molar-refractivity contribution in [3.63, 3.8) is 0 Å². The van der Waals surface area contributed by atoms with Crippen LogP contribution in [0.1, 0.15) is 40.4 Å². The molecule has 3 aromatic carbocycles. The highest BCUT2D eigenvalue weighted by molar-refractivity contribution is 6.06. The molecule has 5 heteroatoms. The molecule has 0 fully saturated rings. The minimum absolute atomic E-state index is 0.0385. The highest BCUT2D eigenvalue weighted by atomic mass is 16.5. The van der Waals surface area contributed by atoms with E-state index in [0.717, 1.165) is 19.3 Å². The molecule has 0 radical (unpaired) electrons. The van der Waals surface area contributed by atoms with Gasteiger partial charge in [-0.3, -0.25) is 14.2 Å². The molecule has 1 heterocycles. The summed E-state index contributed by atoms with van der Waals surface area (Å²) in [6.45, 7) is 0. The highest BCUT2D eigenvalue weighted by Crippen LogP contribution is 2.30. The second kappa shape index (κ2) is 8.35. The summed E-state index contributed by atoms with van der Waals surface area (Å²) < 4.78 is 6.84. The molecule has 1 aliphatic rings. The van der Waals surface area contributed by atoms with Gasteiger partial charge in [0.15, 0.2) is 0 Å². The number of hydrogen-bond acceptors (Lipinski definition) is 3. The van der Waals surface area contributed by atoms with Crippen LogP contribution in [-0.4, -0.2) is 17.6 Å². The first-order chi connectivity index (χ1) is 15.7. The number of carbonyl (C=O) groups is 1. The fourth-order valence-corrected chi connectivity index (χ4v) is 4.56. The molecule has 0 spiro atoms. The SMILES string of the molecule is COc1cccc(-n2cc(C(=O)NC3CCCc4ccccc43)c3ccccc3c2=O)c1. The number of rotatable bonds is 4. The maximum Gasteiger partial charge on any atom is 0.262 e. The Kier molecular flexibility index (Phi) is 5.23. The Morgan fingerprint density at radius 2 is 1.78 bits per heavy atom. The van der Waals surface area contributed by atoms with E-state index in [0.29, 0.717) is 27.8 Å². The van der Waals surface area contributed by atoms with E-state index >= 15 is 0 Å². The van der Waals surface area contributed by atoms with Gasteiger partial charge in [-0.05, 0) is 48.6 Å². The van der Waals surface area contributed by atoms with Crippen LogP contribution in [0.25, 0.3) is 16.5 Å². The number of amides is 1. The molecule has 1 atom stereocenters. The first kappa shape index (κ1) is 20.1. The molecule has 0 saturated heterocycles. The maximum absolute atomic E-state index is 13.5. The van der Waals surface area contributed by atoms with Crippen LogP contribution in [0, 0.1) is 0 Å². The Morgan fingerprint density at radius 3 is 2.62 bits per heavy atom. The number of methoxy groups -OCH3 is 1. The predicted molar refractivity (Wildman–Crippen MR) is 126 cm³/mol. The topological polar surface area (TPSA) is 60.3 Å². The average Bonchev–Trinajstić information content (AvgIpc) is 2.84. The van der Waals surface area contributed by atoms with Gasteiger partial charge >= 0.3 is 0 Å². The number of carbonyl (C=O) groups excluding carboxylic acids is 1. The van der Waals surface area contributed by atoms with Crippen molar-refractivity contribution < 1.29 is 9.53 Å². The molecular formula is C27H24N2O3. The van der Waals surface area contributed by atoms with Crippen LogP contribution in [0.15, 0.2) is 83.8 Å². The molecule has 1 unspecified atom stereocenters. The molecule has 0 bridgehead atoms. The van der Waals surface area contributed by atoms with Gasteiger partial charge in [-0.1, -0.05) is 48.5 Å². The van der Waals surface area contributed by atoms with Crippen molar-refractivity contribution >= 4 is 16.7 Å². The van der Waals surface area contributed by atoms with Crippen molar-refractivity contribution in [2.45, 2.75) is 25.3 Å². The van der Waals surface area contributed by atoms with E-state index in [-0.39, 0.29) is 17.5 Å². The van der Waals surface area contributed by atoms with E-state index in [4.69, 9.17) is 4.74 Å². The lowest BCUT2D eigenvalue weighted by molar-refractivity contribution is 0.0934. The van der Waals surface area contributed by atoms with Gasteiger partial charge in [0.1, 0.15) is 5.75 Å². The summed E-state index contributed by atoms with van der Waals surface area (Å²) in [5.74, 6) is 0.465. The predicted octanol–water partition coefficient (Wildman–Crippen LogP) is 4.81. The summed E-state index contributed by atoms with van der Waals surface area (Å²) in [6, 6.07) is 22.8. The number of pyridine rings is 1. The zero-order valence-electron chi connectivity index (χ0n) is 17.9. The summed E-state index contributed by atoms with van der Waals surface area (Å²) in [6.07, 6.45) is 4.61. The highest BCUT2D eigenvalue weighted by Gasteiger charge is 2.23. The second-order valence-corrected chi connectivity index (χ2v) is 8.08. The quantitative estimate of drug-likeness (QED) is 0.512. The Bertz CT molecular complexity index is 1370. The van der Waals surface area contributed by atoms with E-state index in [9.17, 15) is 9.59 Å². The zero-order valence-corrected chi connectivity index (χ0v) is 17.9. The van der Waals surface area contributed by atoms with Crippen LogP contribution in [0.4, 0.5) is 0 Å².